The molecule has 0 bridgehead atoms. The van der Waals surface area contributed by atoms with Crippen molar-refractivity contribution in [3.63, 3.8) is 0 Å². The van der Waals surface area contributed by atoms with Crippen molar-refractivity contribution in [2.75, 3.05) is 6.61 Å². The number of aromatic nitrogens is 2. The molecule has 1 aromatic carbocycles. The highest BCUT2D eigenvalue weighted by Crippen LogP contribution is 2.24. The Morgan fingerprint density at radius 2 is 1.38 bits per heavy atom. The van der Waals surface area contributed by atoms with E-state index in [-0.39, 0.29) is 0 Å². The molecule has 0 fully saturated rings. The summed E-state index contributed by atoms with van der Waals surface area (Å²) in [6.45, 7) is 5.10. The van der Waals surface area contributed by atoms with Crippen LogP contribution < -0.4 is 4.74 Å². The van der Waals surface area contributed by atoms with Gasteiger partial charge in [0.1, 0.15) is 0 Å². The van der Waals surface area contributed by atoms with Gasteiger partial charge < -0.3 is 14.9 Å². The topological polar surface area (TPSA) is 75.5 Å². The number of benzene rings is 1. The Morgan fingerprint density at radius 1 is 0.781 bits per heavy atom. The molecule has 5 heteroatoms. The maximum Gasteiger partial charge on any atom is 0.159 e. The van der Waals surface area contributed by atoms with E-state index in [0.717, 1.165) is 36.8 Å². The second-order valence-corrected chi connectivity index (χ2v) is 8.74. The molecule has 0 aliphatic heterocycles. The molecule has 0 aliphatic rings. The van der Waals surface area contributed by atoms with E-state index >= 15 is 0 Å². The van der Waals surface area contributed by atoms with Crippen LogP contribution in [0.5, 0.6) is 5.75 Å². The van der Waals surface area contributed by atoms with Crippen LogP contribution in [-0.2, 0) is 0 Å². The zero-order valence-electron chi connectivity index (χ0n) is 20.0. The lowest BCUT2D eigenvalue weighted by Crippen LogP contribution is -2.12. The first-order valence-electron chi connectivity index (χ1n) is 12.5. The Morgan fingerprint density at radius 3 is 2.03 bits per heavy atom. The highest BCUT2D eigenvalue weighted by atomic mass is 16.5. The van der Waals surface area contributed by atoms with Gasteiger partial charge in [-0.25, -0.2) is 9.97 Å². The molecular formula is C27H42N2O3. The van der Waals surface area contributed by atoms with Gasteiger partial charge in [-0.3, -0.25) is 0 Å². The van der Waals surface area contributed by atoms with E-state index in [1.165, 1.54) is 44.9 Å². The van der Waals surface area contributed by atoms with Gasteiger partial charge in [-0.1, -0.05) is 95.9 Å². The molecule has 2 atom stereocenters. The summed E-state index contributed by atoms with van der Waals surface area (Å²) < 4.78 is 5.75. The number of aliphatic hydroxyl groups excluding tert-OH is 2. The molecule has 1 aromatic heterocycles. The van der Waals surface area contributed by atoms with Crippen molar-refractivity contribution in [1.29, 1.82) is 0 Å². The number of ether oxygens (including phenoxy) is 1. The Balaban J connectivity index is 1.75. The van der Waals surface area contributed by atoms with E-state index in [1.54, 1.807) is 12.4 Å². The minimum absolute atomic E-state index is 0.368. The molecule has 0 unspecified atom stereocenters. The van der Waals surface area contributed by atoms with Crippen LogP contribution >= 0.6 is 0 Å². The first-order chi connectivity index (χ1) is 15.6. The average molecular weight is 443 g/mol. The number of hydrogen-bond acceptors (Lipinski definition) is 5. The van der Waals surface area contributed by atoms with Gasteiger partial charge in [0.2, 0.25) is 0 Å². The summed E-state index contributed by atoms with van der Waals surface area (Å²) in [5.74, 6) is 1.33. The lowest BCUT2D eigenvalue weighted by Gasteiger charge is -2.16. The third-order valence-corrected chi connectivity index (χ3v) is 5.83. The van der Waals surface area contributed by atoms with Crippen LogP contribution in [0.25, 0.3) is 11.4 Å². The number of aliphatic hydroxyl groups is 2. The second kappa shape index (κ2) is 15.8. The quantitative estimate of drug-likeness (QED) is 0.269. The normalized spacial score (nSPS) is 13.1. The zero-order chi connectivity index (χ0) is 23.0. The third kappa shape index (κ3) is 10.1. The number of unbranched alkanes of at least 4 members (excludes halogenated alkanes) is 8. The maximum absolute atomic E-state index is 10.4. The monoisotopic (exact) mass is 442 g/mol. The molecule has 0 aliphatic carbocycles. The fraction of sp³-hybridized carbons (Fsp3) is 0.630. The van der Waals surface area contributed by atoms with Crippen LogP contribution in [0.4, 0.5) is 0 Å². The molecule has 0 saturated heterocycles. The molecule has 0 radical (unpaired) electrons. The van der Waals surface area contributed by atoms with Crippen LogP contribution in [0.15, 0.2) is 36.7 Å². The molecule has 1 heterocycles. The molecule has 0 amide bonds. The Kier molecular flexibility index (Phi) is 12.9. The van der Waals surface area contributed by atoms with Crippen molar-refractivity contribution in [1.82, 2.24) is 9.97 Å². The van der Waals surface area contributed by atoms with Gasteiger partial charge in [-0.2, -0.15) is 0 Å². The number of hydrogen-bond donors (Lipinski definition) is 2. The lowest BCUT2D eigenvalue weighted by molar-refractivity contribution is 0.0739. The van der Waals surface area contributed by atoms with Gasteiger partial charge >= 0.3 is 0 Å². The lowest BCUT2D eigenvalue weighted by atomic mass is 9.99. The van der Waals surface area contributed by atoms with Crippen molar-refractivity contribution in [3.8, 4) is 17.1 Å². The molecule has 2 aromatic rings. The van der Waals surface area contributed by atoms with E-state index in [1.807, 2.05) is 24.3 Å². The fourth-order valence-electron chi connectivity index (χ4n) is 3.78. The number of rotatable bonds is 17. The summed E-state index contributed by atoms with van der Waals surface area (Å²) in [6, 6.07) is 7.60. The van der Waals surface area contributed by atoms with Gasteiger partial charge in [0, 0.05) is 12.0 Å². The molecule has 2 N–H and O–H groups in total. The van der Waals surface area contributed by atoms with Crippen molar-refractivity contribution in [2.24, 2.45) is 0 Å². The van der Waals surface area contributed by atoms with Crippen LogP contribution in [-0.4, -0.2) is 32.9 Å². The largest absolute Gasteiger partial charge is 0.490 e. The molecule has 2 rings (SSSR count). The summed E-state index contributed by atoms with van der Waals surface area (Å²) >= 11 is 0. The van der Waals surface area contributed by atoms with Crippen LogP contribution in [0, 0.1) is 0 Å². The smallest absolute Gasteiger partial charge is 0.159 e. The van der Waals surface area contributed by atoms with Crippen molar-refractivity contribution >= 4 is 0 Å². The average Bonchev–Trinajstić information content (AvgIpc) is 2.82. The predicted molar refractivity (Wildman–Crippen MR) is 131 cm³/mol. The van der Waals surface area contributed by atoms with Crippen molar-refractivity contribution in [2.45, 2.75) is 103 Å². The Bertz CT molecular complexity index is 719. The van der Waals surface area contributed by atoms with E-state index < -0.39 is 12.2 Å². The summed E-state index contributed by atoms with van der Waals surface area (Å²) in [5, 5.41) is 20.6. The Labute approximate surface area is 194 Å². The van der Waals surface area contributed by atoms with E-state index in [0.29, 0.717) is 24.6 Å². The van der Waals surface area contributed by atoms with E-state index in [9.17, 15) is 10.2 Å². The molecule has 0 spiro atoms. The van der Waals surface area contributed by atoms with Crippen molar-refractivity contribution in [3.05, 3.63) is 42.2 Å². The molecule has 0 saturated carbocycles. The van der Waals surface area contributed by atoms with Gasteiger partial charge in [0.25, 0.3) is 0 Å². The highest BCUT2D eigenvalue weighted by Gasteiger charge is 2.14. The first kappa shape index (κ1) is 26.3. The SMILES string of the molecule is CCCCCCCCOc1cnc(-c2ccc([C@@H](O)C[C@H](O)CCCCCC)cc2)nc1. The molecular weight excluding hydrogens is 400 g/mol. The van der Waals surface area contributed by atoms with E-state index in [4.69, 9.17) is 4.74 Å². The molecule has 5 nitrogen and oxygen atoms in total. The standard InChI is InChI=1S/C27H42N2O3/c1-3-5-7-9-10-12-18-32-25-20-28-27(29-21-25)23-16-14-22(15-17-23)26(31)19-24(30)13-11-8-6-4-2/h14-17,20-21,24,26,30-31H,3-13,18-19H2,1-2H3/t24-,26+/m1/s1. The first-order valence-corrected chi connectivity index (χ1v) is 12.5. The summed E-state index contributed by atoms with van der Waals surface area (Å²) in [6.07, 6.45) is 15.4. The second-order valence-electron chi connectivity index (χ2n) is 8.74. The molecule has 178 valence electrons. The van der Waals surface area contributed by atoms with Crippen molar-refractivity contribution < 1.29 is 14.9 Å². The maximum atomic E-state index is 10.4. The highest BCUT2D eigenvalue weighted by molar-refractivity contribution is 5.55. The Hall–Kier alpha value is -1.98. The molecule has 32 heavy (non-hydrogen) atoms. The van der Waals surface area contributed by atoms with Gasteiger partial charge in [-0.05, 0) is 18.4 Å². The summed E-state index contributed by atoms with van der Waals surface area (Å²) in [4.78, 5) is 8.84. The van der Waals surface area contributed by atoms with Gasteiger partial charge in [-0.15, -0.1) is 0 Å². The zero-order valence-corrected chi connectivity index (χ0v) is 20.0. The predicted octanol–water partition coefficient (Wildman–Crippen LogP) is 6.64. The summed E-state index contributed by atoms with van der Waals surface area (Å²) in [5.41, 5.74) is 1.70. The third-order valence-electron chi connectivity index (χ3n) is 5.83. The summed E-state index contributed by atoms with van der Waals surface area (Å²) in [7, 11) is 0. The minimum atomic E-state index is -0.663. The van der Waals surface area contributed by atoms with Gasteiger partial charge in [0.05, 0.1) is 31.2 Å². The van der Waals surface area contributed by atoms with Crippen LogP contribution in [0.2, 0.25) is 0 Å². The van der Waals surface area contributed by atoms with E-state index in [2.05, 4.69) is 23.8 Å². The fourth-order valence-corrected chi connectivity index (χ4v) is 3.78. The number of nitrogens with zero attached hydrogens (tertiary/aromatic N) is 2. The van der Waals surface area contributed by atoms with Crippen LogP contribution in [0.3, 0.4) is 0 Å². The minimum Gasteiger partial charge on any atom is -0.490 e. The van der Waals surface area contributed by atoms with Crippen LogP contribution in [0.1, 0.15) is 103 Å². The van der Waals surface area contributed by atoms with Gasteiger partial charge in [0.15, 0.2) is 11.6 Å².